The van der Waals surface area contributed by atoms with Gasteiger partial charge in [0.2, 0.25) is 0 Å². The van der Waals surface area contributed by atoms with Crippen molar-refractivity contribution < 1.29 is 14.7 Å². The zero-order chi connectivity index (χ0) is 13.8. The van der Waals surface area contributed by atoms with Crippen molar-refractivity contribution in [2.45, 2.75) is 19.8 Å². The number of oxime groups is 1. The number of amides is 1. The molecule has 102 valence electrons. The smallest absolute Gasteiger partial charge is 0.260 e. The third-order valence-corrected chi connectivity index (χ3v) is 3.43. The monoisotopic (exact) mass is 262 g/mol. The van der Waals surface area contributed by atoms with Gasteiger partial charge in [-0.15, -0.1) is 0 Å². The second-order valence-electron chi connectivity index (χ2n) is 4.53. The Morgan fingerprint density at radius 1 is 1.47 bits per heavy atom. The minimum Gasteiger partial charge on any atom is -0.483 e. The molecule has 1 aliphatic carbocycles. The van der Waals surface area contributed by atoms with Crippen LogP contribution >= 0.6 is 0 Å². The Hall–Kier alpha value is -2.04. The van der Waals surface area contributed by atoms with Crippen molar-refractivity contribution in [2.24, 2.45) is 5.16 Å². The lowest BCUT2D eigenvalue weighted by atomic mass is 10.1. The van der Waals surface area contributed by atoms with E-state index >= 15 is 0 Å². The second kappa shape index (κ2) is 5.73. The van der Waals surface area contributed by atoms with Gasteiger partial charge in [-0.2, -0.15) is 0 Å². The average molecular weight is 262 g/mol. The highest BCUT2D eigenvalue weighted by atomic mass is 16.5. The molecular weight excluding hydrogens is 244 g/mol. The highest BCUT2D eigenvalue weighted by Crippen LogP contribution is 2.30. The number of carbonyl (C=O) groups is 1. The van der Waals surface area contributed by atoms with E-state index in [-0.39, 0.29) is 12.5 Å². The molecule has 0 fully saturated rings. The molecule has 0 radical (unpaired) electrons. The Kier molecular flexibility index (Phi) is 4.04. The molecule has 0 spiro atoms. The Morgan fingerprint density at radius 3 is 2.95 bits per heavy atom. The second-order valence-corrected chi connectivity index (χ2v) is 4.53. The van der Waals surface area contributed by atoms with E-state index in [1.165, 1.54) is 0 Å². The van der Waals surface area contributed by atoms with Crippen molar-refractivity contribution in [2.75, 3.05) is 20.2 Å². The van der Waals surface area contributed by atoms with Crippen LogP contribution in [0.25, 0.3) is 0 Å². The zero-order valence-electron chi connectivity index (χ0n) is 11.2. The van der Waals surface area contributed by atoms with Gasteiger partial charge >= 0.3 is 0 Å². The lowest BCUT2D eigenvalue weighted by molar-refractivity contribution is -0.131. The number of nitrogens with zero attached hydrogens (tertiary/aromatic N) is 2. The van der Waals surface area contributed by atoms with Crippen LogP contribution in [0, 0.1) is 0 Å². The summed E-state index contributed by atoms with van der Waals surface area (Å²) in [5.74, 6) is 0.656. The molecule has 0 heterocycles. The van der Waals surface area contributed by atoms with Crippen LogP contribution in [0.1, 0.15) is 24.5 Å². The van der Waals surface area contributed by atoms with Crippen LogP contribution in [0.4, 0.5) is 0 Å². The Morgan fingerprint density at radius 2 is 2.26 bits per heavy atom. The maximum atomic E-state index is 11.7. The molecule has 0 saturated carbocycles. The number of fused-ring (bicyclic) bond motifs is 1. The maximum absolute atomic E-state index is 11.7. The van der Waals surface area contributed by atoms with E-state index < -0.39 is 0 Å². The van der Waals surface area contributed by atoms with E-state index in [1.54, 1.807) is 11.9 Å². The van der Waals surface area contributed by atoms with E-state index in [9.17, 15) is 4.79 Å². The van der Waals surface area contributed by atoms with Crippen LogP contribution in [0.3, 0.4) is 0 Å². The summed E-state index contributed by atoms with van der Waals surface area (Å²) in [6.45, 7) is 2.62. The van der Waals surface area contributed by atoms with Gasteiger partial charge in [0.15, 0.2) is 6.61 Å². The molecule has 0 bridgehead atoms. The third kappa shape index (κ3) is 2.70. The molecule has 0 saturated heterocycles. The van der Waals surface area contributed by atoms with Crippen LogP contribution in [0.2, 0.25) is 0 Å². The van der Waals surface area contributed by atoms with Gasteiger partial charge in [-0.25, -0.2) is 0 Å². The summed E-state index contributed by atoms with van der Waals surface area (Å²) < 4.78 is 5.60. The summed E-state index contributed by atoms with van der Waals surface area (Å²) in [6.07, 6.45) is 1.48. The van der Waals surface area contributed by atoms with Gasteiger partial charge in [0.1, 0.15) is 5.75 Å². The Balaban J connectivity index is 2.11. The number of benzene rings is 1. The first-order chi connectivity index (χ1) is 9.17. The summed E-state index contributed by atoms with van der Waals surface area (Å²) in [4.78, 5) is 13.3. The number of carbonyl (C=O) groups excluding carboxylic acids is 1. The molecule has 1 N–H and O–H groups in total. The first-order valence-corrected chi connectivity index (χ1v) is 6.37. The molecule has 5 heteroatoms. The van der Waals surface area contributed by atoms with Gasteiger partial charge in [0.05, 0.1) is 5.71 Å². The minimum absolute atomic E-state index is 0.0341. The van der Waals surface area contributed by atoms with Crippen molar-refractivity contribution >= 4 is 11.6 Å². The molecule has 0 aliphatic heterocycles. The van der Waals surface area contributed by atoms with Gasteiger partial charge < -0.3 is 14.8 Å². The van der Waals surface area contributed by atoms with E-state index in [1.807, 2.05) is 25.1 Å². The molecule has 1 amide bonds. The van der Waals surface area contributed by atoms with Crippen LogP contribution in [-0.2, 0) is 11.2 Å². The predicted octanol–water partition coefficient (Wildman–Crippen LogP) is 1.67. The molecular formula is C14H18N2O3. The largest absolute Gasteiger partial charge is 0.483 e. The van der Waals surface area contributed by atoms with Crippen LogP contribution in [0.15, 0.2) is 23.4 Å². The maximum Gasteiger partial charge on any atom is 0.260 e. The van der Waals surface area contributed by atoms with Gasteiger partial charge in [0, 0.05) is 24.7 Å². The fraction of sp³-hybridized carbons (Fsp3) is 0.429. The summed E-state index contributed by atoms with van der Waals surface area (Å²) in [5.41, 5.74) is 2.61. The van der Waals surface area contributed by atoms with E-state index in [4.69, 9.17) is 9.94 Å². The molecule has 5 nitrogen and oxygen atoms in total. The normalized spacial score (nSPS) is 15.4. The van der Waals surface area contributed by atoms with Crippen LogP contribution in [0.5, 0.6) is 5.75 Å². The summed E-state index contributed by atoms with van der Waals surface area (Å²) in [7, 11) is 1.75. The number of hydrogen-bond acceptors (Lipinski definition) is 4. The molecule has 0 aromatic heterocycles. The number of hydrogen-bond donors (Lipinski definition) is 1. The predicted molar refractivity (Wildman–Crippen MR) is 71.9 cm³/mol. The Labute approximate surface area is 112 Å². The standard InChI is InChI=1S/C14H18N2O3/c1-3-16(2)14(17)9-19-13-6-4-5-10-11(13)7-8-12(10)15-18/h4-6,18H,3,7-9H2,1-2H3. The van der Waals surface area contributed by atoms with E-state index in [2.05, 4.69) is 5.16 Å². The molecule has 1 aliphatic rings. The van der Waals surface area contributed by atoms with Crippen molar-refractivity contribution in [3.63, 3.8) is 0 Å². The van der Waals surface area contributed by atoms with Gasteiger partial charge in [-0.05, 0) is 25.8 Å². The summed E-state index contributed by atoms with van der Waals surface area (Å²) in [6, 6.07) is 5.60. The summed E-state index contributed by atoms with van der Waals surface area (Å²) in [5, 5.41) is 12.2. The average Bonchev–Trinajstić information content (AvgIpc) is 2.87. The number of likely N-dealkylation sites (N-methyl/N-ethyl adjacent to an activating group) is 1. The lowest BCUT2D eigenvalue weighted by Crippen LogP contribution is -2.31. The van der Waals surface area contributed by atoms with Gasteiger partial charge in [-0.1, -0.05) is 17.3 Å². The number of ether oxygens (including phenoxy) is 1. The van der Waals surface area contributed by atoms with E-state index in [0.717, 1.165) is 17.5 Å². The first-order valence-electron chi connectivity index (χ1n) is 6.37. The van der Waals surface area contributed by atoms with E-state index in [0.29, 0.717) is 24.4 Å². The lowest BCUT2D eigenvalue weighted by Gasteiger charge is -2.16. The molecule has 0 unspecified atom stereocenters. The SMILES string of the molecule is CCN(C)C(=O)COc1cccc2c1CCC2=NO. The quantitative estimate of drug-likeness (QED) is 0.663. The van der Waals surface area contributed by atoms with Crippen molar-refractivity contribution in [1.82, 2.24) is 4.90 Å². The Bertz CT molecular complexity index is 511. The third-order valence-electron chi connectivity index (χ3n) is 3.43. The molecule has 19 heavy (non-hydrogen) atoms. The van der Waals surface area contributed by atoms with Crippen molar-refractivity contribution in [3.05, 3.63) is 29.3 Å². The fourth-order valence-corrected chi connectivity index (χ4v) is 2.14. The van der Waals surface area contributed by atoms with Crippen molar-refractivity contribution in [3.8, 4) is 5.75 Å². The van der Waals surface area contributed by atoms with Gasteiger partial charge in [0.25, 0.3) is 5.91 Å². The number of rotatable bonds is 4. The molecule has 1 aromatic rings. The highest BCUT2D eigenvalue weighted by molar-refractivity contribution is 6.04. The molecule has 1 aromatic carbocycles. The first kappa shape index (κ1) is 13.4. The molecule has 0 atom stereocenters. The van der Waals surface area contributed by atoms with Crippen LogP contribution < -0.4 is 4.74 Å². The van der Waals surface area contributed by atoms with Crippen molar-refractivity contribution in [1.29, 1.82) is 0 Å². The molecule has 2 rings (SSSR count). The zero-order valence-corrected chi connectivity index (χ0v) is 11.2. The topological polar surface area (TPSA) is 62.1 Å². The van der Waals surface area contributed by atoms with Crippen LogP contribution in [-0.4, -0.2) is 41.9 Å². The highest BCUT2D eigenvalue weighted by Gasteiger charge is 2.22. The van der Waals surface area contributed by atoms with Gasteiger partial charge in [-0.3, -0.25) is 4.79 Å². The fourth-order valence-electron chi connectivity index (χ4n) is 2.14. The summed E-state index contributed by atoms with van der Waals surface area (Å²) >= 11 is 0. The minimum atomic E-state index is -0.0471.